The molecule has 1 saturated carbocycles. The van der Waals surface area contributed by atoms with E-state index in [4.69, 9.17) is 10.7 Å². The second kappa shape index (κ2) is 8.23. The van der Waals surface area contributed by atoms with E-state index in [0.29, 0.717) is 35.4 Å². The van der Waals surface area contributed by atoms with Crippen molar-refractivity contribution >= 4 is 28.2 Å². The van der Waals surface area contributed by atoms with E-state index in [2.05, 4.69) is 9.97 Å². The van der Waals surface area contributed by atoms with Crippen molar-refractivity contribution in [1.82, 2.24) is 19.4 Å². The molecule has 5 aromatic rings. The van der Waals surface area contributed by atoms with Gasteiger partial charge >= 0.3 is 5.97 Å². The molecule has 176 valence electrons. The van der Waals surface area contributed by atoms with Crippen LogP contribution in [-0.2, 0) is 4.79 Å². The Kier molecular flexibility index (Phi) is 5.02. The Morgan fingerprint density at radius 1 is 1.09 bits per heavy atom. The number of carboxylic acids is 1. The summed E-state index contributed by atoms with van der Waals surface area (Å²) in [5, 5.41) is 10.3. The summed E-state index contributed by atoms with van der Waals surface area (Å²) in [5.41, 5.74) is 10.6. The van der Waals surface area contributed by atoms with Gasteiger partial charge in [-0.15, -0.1) is 0 Å². The van der Waals surface area contributed by atoms with Gasteiger partial charge in [-0.2, -0.15) is 0 Å². The molecule has 0 atom stereocenters. The normalized spacial score (nSPS) is 18.3. The number of para-hydroxylation sites is 1. The van der Waals surface area contributed by atoms with Crippen molar-refractivity contribution < 1.29 is 14.3 Å². The number of carboxylic acid groups (broad SMARTS) is 1. The van der Waals surface area contributed by atoms with Gasteiger partial charge in [0.05, 0.1) is 17.1 Å². The van der Waals surface area contributed by atoms with Crippen molar-refractivity contribution in [3.05, 3.63) is 72.6 Å². The lowest BCUT2D eigenvalue weighted by molar-refractivity contribution is -0.142. The molecule has 3 aromatic heterocycles. The first kappa shape index (κ1) is 21.3. The molecule has 0 amide bonds. The number of rotatable bonds is 4. The van der Waals surface area contributed by atoms with Gasteiger partial charge in [0.1, 0.15) is 28.7 Å². The Hall–Kier alpha value is -4.20. The summed E-state index contributed by atoms with van der Waals surface area (Å²) in [6.07, 6.45) is 6.27. The van der Waals surface area contributed by atoms with Gasteiger partial charge in [-0.1, -0.05) is 36.4 Å². The van der Waals surface area contributed by atoms with Gasteiger partial charge in [-0.25, -0.2) is 14.4 Å². The average molecular weight is 470 g/mol. The third-order valence-corrected chi connectivity index (χ3v) is 7.13. The molecule has 6 rings (SSSR count). The quantitative estimate of drug-likeness (QED) is 0.316. The largest absolute Gasteiger partial charge is 0.481 e. The van der Waals surface area contributed by atoms with E-state index in [1.165, 1.54) is 6.07 Å². The number of nitrogens with zero attached hydrogens (tertiary/aromatic N) is 3. The predicted molar refractivity (Wildman–Crippen MR) is 132 cm³/mol. The fourth-order valence-corrected chi connectivity index (χ4v) is 5.35. The Morgan fingerprint density at radius 2 is 1.86 bits per heavy atom. The van der Waals surface area contributed by atoms with Gasteiger partial charge in [0.25, 0.3) is 0 Å². The molecule has 7 nitrogen and oxygen atoms in total. The summed E-state index contributed by atoms with van der Waals surface area (Å²) in [6.45, 7) is 0. The van der Waals surface area contributed by atoms with Gasteiger partial charge in [-0.3, -0.25) is 9.20 Å². The molecule has 1 aliphatic rings. The number of hydrogen-bond donors (Lipinski definition) is 3. The topological polar surface area (TPSA) is 109 Å². The number of aliphatic carboxylic acids is 1. The molecular formula is C27H24FN5O2. The maximum atomic E-state index is 14.6. The number of anilines is 1. The third-order valence-electron chi connectivity index (χ3n) is 7.13. The van der Waals surface area contributed by atoms with Crippen LogP contribution >= 0.6 is 0 Å². The number of aromatic amines is 1. The van der Waals surface area contributed by atoms with Gasteiger partial charge in [0, 0.05) is 34.8 Å². The average Bonchev–Trinajstić information content (AvgIpc) is 3.47. The molecule has 8 heteroatoms. The SMILES string of the molecule is Nc1nccn2c(C3CCC(C(=O)O)CC3)nc(-c3cc4cccc(-c5ccccc5F)c4[nH]3)c12. The van der Waals surface area contributed by atoms with Crippen molar-refractivity contribution in [2.24, 2.45) is 5.92 Å². The smallest absolute Gasteiger partial charge is 0.306 e. The van der Waals surface area contributed by atoms with E-state index in [0.717, 1.165) is 40.8 Å². The van der Waals surface area contributed by atoms with Crippen molar-refractivity contribution in [1.29, 1.82) is 0 Å². The minimum Gasteiger partial charge on any atom is -0.481 e. The minimum absolute atomic E-state index is 0.131. The van der Waals surface area contributed by atoms with Crippen LogP contribution in [0.25, 0.3) is 38.9 Å². The van der Waals surface area contributed by atoms with Crippen LogP contribution < -0.4 is 5.73 Å². The van der Waals surface area contributed by atoms with E-state index in [1.807, 2.05) is 40.9 Å². The molecule has 0 aliphatic heterocycles. The minimum atomic E-state index is -0.728. The van der Waals surface area contributed by atoms with E-state index in [1.54, 1.807) is 18.3 Å². The van der Waals surface area contributed by atoms with Crippen LogP contribution in [0.15, 0.2) is 60.9 Å². The number of H-pyrrole nitrogens is 1. The molecule has 35 heavy (non-hydrogen) atoms. The summed E-state index contributed by atoms with van der Waals surface area (Å²) in [6, 6.07) is 14.5. The number of nitrogens with one attached hydrogen (secondary N) is 1. The number of aromatic nitrogens is 4. The number of benzene rings is 2. The lowest BCUT2D eigenvalue weighted by Crippen LogP contribution is -2.21. The molecule has 2 aromatic carbocycles. The highest BCUT2D eigenvalue weighted by Crippen LogP contribution is 2.40. The highest BCUT2D eigenvalue weighted by molar-refractivity contribution is 5.99. The van der Waals surface area contributed by atoms with Gasteiger partial charge < -0.3 is 15.8 Å². The Balaban J connectivity index is 1.48. The van der Waals surface area contributed by atoms with Crippen LogP contribution in [-0.4, -0.2) is 30.4 Å². The number of imidazole rings is 1. The number of hydrogen-bond acceptors (Lipinski definition) is 4. The lowest BCUT2D eigenvalue weighted by Gasteiger charge is -2.25. The van der Waals surface area contributed by atoms with Gasteiger partial charge in [0.15, 0.2) is 0 Å². The standard InChI is InChI=1S/C27H24FN5O2/c28-20-7-2-1-5-18(20)19-6-3-4-17-14-21(31-22(17)19)23-24-25(29)30-12-13-33(24)26(32-23)15-8-10-16(11-9-15)27(34)35/h1-7,12-16,31H,8-11H2,(H2,29,30)(H,34,35). The monoisotopic (exact) mass is 469 g/mol. The van der Waals surface area contributed by atoms with Crippen LogP contribution in [0, 0.1) is 11.7 Å². The maximum absolute atomic E-state index is 14.6. The molecule has 4 N–H and O–H groups in total. The third kappa shape index (κ3) is 3.53. The number of nitrogens with two attached hydrogens (primary N) is 1. The van der Waals surface area contributed by atoms with Crippen LogP contribution in [0.1, 0.15) is 37.4 Å². The van der Waals surface area contributed by atoms with Gasteiger partial charge in [0.2, 0.25) is 0 Å². The van der Waals surface area contributed by atoms with Crippen LogP contribution in [0.3, 0.4) is 0 Å². The summed E-state index contributed by atoms with van der Waals surface area (Å²) in [5.74, 6) is 0.0566. The summed E-state index contributed by atoms with van der Waals surface area (Å²) >= 11 is 0. The molecule has 0 saturated heterocycles. The second-order valence-electron chi connectivity index (χ2n) is 9.17. The second-order valence-corrected chi connectivity index (χ2v) is 9.17. The van der Waals surface area contributed by atoms with Crippen molar-refractivity contribution in [3.8, 4) is 22.5 Å². The first-order valence-corrected chi connectivity index (χ1v) is 11.7. The van der Waals surface area contributed by atoms with E-state index >= 15 is 0 Å². The molecule has 0 radical (unpaired) electrons. The molecular weight excluding hydrogens is 445 g/mol. The number of nitrogen functional groups attached to an aromatic ring is 1. The van der Waals surface area contributed by atoms with Crippen molar-refractivity contribution in [2.45, 2.75) is 31.6 Å². The first-order chi connectivity index (χ1) is 17.0. The van der Waals surface area contributed by atoms with E-state index in [9.17, 15) is 14.3 Å². The molecule has 3 heterocycles. The van der Waals surface area contributed by atoms with E-state index in [-0.39, 0.29) is 17.7 Å². The Labute approximate surface area is 200 Å². The number of fused-ring (bicyclic) bond motifs is 2. The van der Waals surface area contributed by atoms with Crippen LogP contribution in [0.2, 0.25) is 0 Å². The zero-order valence-electron chi connectivity index (χ0n) is 18.9. The lowest BCUT2D eigenvalue weighted by atomic mass is 9.81. The Morgan fingerprint density at radius 3 is 2.63 bits per heavy atom. The molecule has 1 aliphatic carbocycles. The molecule has 0 spiro atoms. The van der Waals surface area contributed by atoms with Gasteiger partial charge in [-0.05, 0) is 37.8 Å². The fourth-order valence-electron chi connectivity index (χ4n) is 5.35. The number of carbonyl (C=O) groups is 1. The highest BCUT2D eigenvalue weighted by atomic mass is 19.1. The molecule has 1 fully saturated rings. The Bertz CT molecular complexity index is 1580. The highest BCUT2D eigenvalue weighted by Gasteiger charge is 2.30. The number of halogens is 1. The van der Waals surface area contributed by atoms with Crippen LogP contribution in [0.4, 0.5) is 10.2 Å². The first-order valence-electron chi connectivity index (χ1n) is 11.7. The summed E-state index contributed by atoms with van der Waals surface area (Å²) in [4.78, 5) is 24.2. The molecule has 0 bridgehead atoms. The molecule has 0 unspecified atom stereocenters. The zero-order valence-corrected chi connectivity index (χ0v) is 18.9. The van der Waals surface area contributed by atoms with Crippen molar-refractivity contribution in [2.75, 3.05) is 5.73 Å². The summed E-state index contributed by atoms with van der Waals surface area (Å²) in [7, 11) is 0. The summed E-state index contributed by atoms with van der Waals surface area (Å²) < 4.78 is 16.6. The fraction of sp³-hybridized carbons (Fsp3) is 0.222. The van der Waals surface area contributed by atoms with Crippen LogP contribution in [0.5, 0.6) is 0 Å². The maximum Gasteiger partial charge on any atom is 0.306 e. The predicted octanol–water partition coefficient (Wildman–Crippen LogP) is 5.62. The van der Waals surface area contributed by atoms with E-state index < -0.39 is 5.97 Å². The van der Waals surface area contributed by atoms with Crippen molar-refractivity contribution in [3.63, 3.8) is 0 Å². The zero-order chi connectivity index (χ0) is 24.1.